The van der Waals surface area contributed by atoms with Crippen molar-refractivity contribution in [3.8, 4) is 11.1 Å². The van der Waals surface area contributed by atoms with Gasteiger partial charge in [-0.1, -0.05) is 29.3 Å². The van der Waals surface area contributed by atoms with Crippen LogP contribution in [0.5, 0.6) is 0 Å². The van der Waals surface area contributed by atoms with E-state index in [-0.39, 0.29) is 10.2 Å². The van der Waals surface area contributed by atoms with E-state index in [0.717, 1.165) is 0 Å². The second-order valence-corrected chi connectivity index (χ2v) is 3.86. The first-order valence-electron chi connectivity index (χ1n) is 4.28. The third kappa shape index (κ3) is 2.08. The first-order chi connectivity index (χ1) is 7.58. The third-order valence-corrected chi connectivity index (χ3v) is 2.49. The zero-order valence-corrected chi connectivity index (χ0v) is 9.31. The predicted octanol–water partition coefficient (Wildman–Crippen LogP) is 2.88. The van der Waals surface area contributed by atoms with E-state index in [1.54, 1.807) is 0 Å². The SMILES string of the molecule is O=c1[nH]nc(Cl)cc1-c1ccc(F)c(Cl)c1. The Balaban J connectivity index is 2.63. The van der Waals surface area contributed by atoms with E-state index in [4.69, 9.17) is 23.2 Å². The minimum atomic E-state index is -0.540. The van der Waals surface area contributed by atoms with Crippen molar-refractivity contribution >= 4 is 23.2 Å². The van der Waals surface area contributed by atoms with Crippen molar-refractivity contribution in [2.75, 3.05) is 0 Å². The minimum absolute atomic E-state index is 0.0511. The van der Waals surface area contributed by atoms with Crippen LogP contribution in [0.4, 0.5) is 4.39 Å². The lowest BCUT2D eigenvalue weighted by molar-refractivity contribution is 0.628. The Morgan fingerprint density at radius 2 is 2.00 bits per heavy atom. The average molecular weight is 259 g/mol. The highest BCUT2D eigenvalue weighted by Gasteiger charge is 2.07. The van der Waals surface area contributed by atoms with Crippen LogP contribution in [-0.2, 0) is 0 Å². The molecule has 0 aliphatic carbocycles. The van der Waals surface area contributed by atoms with Crippen molar-refractivity contribution in [3.63, 3.8) is 0 Å². The van der Waals surface area contributed by atoms with Crippen LogP contribution in [0.3, 0.4) is 0 Å². The second-order valence-electron chi connectivity index (χ2n) is 3.06. The molecule has 2 aromatic rings. The van der Waals surface area contributed by atoms with E-state index in [1.807, 2.05) is 0 Å². The van der Waals surface area contributed by atoms with Crippen molar-refractivity contribution in [3.05, 3.63) is 50.6 Å². The standard InChI is InChI=1S/C10H5Cl2FN2O/c11-7-3-5(1-2-8(7)13)6-4-9(12)14-15-10(6)16/h1-4H,(H,15,16). The maximum absolute atomic E-state index is 12.9. The molecule has 0 amide bonds. The largest absolute Gasteiger partial charge is 0.272 e. The topological polar surface area (TPSA) is 45.8 Å². The molecule has 3 nitrogen and oxygen atoms in total. The number of benzene rings is 1. The van der Waals surface area contributed by atoms with Gasteiger partial charge in [0.2, 0.25) is 0 Å². The van der Waals surface area contributed by atoms with Crippen LogP contribution in [0, 0.1) is 5.82 Å². The molecule has 0 saturated carbocycles. The van der Waals surface area contributed by atoms with Crippen LogP contribution in [0.2, 0.25) is 10.2 Å². The first kappa shape index (κ1) is 11.1. The van der Waals surface area contributed by atoms with E-state index in [1.165, 1.54) is 24.3 Å². The molecule has 2 rings (SSSR count). The maximum atomic E-state index is 12.9. The maximum Gasteiger partial charge on any atom is 0.272 e. The molecule has 0 saturated heterocycles. The van der Waals surface area contributed by atoms with Gasteiger partial charge in [-0.3, -0.25) is 4.79 Å². The summed E-state index contributed by atoms with van der Waals surface area (Å²) in [7, 11) is 0. The average Bonchev–Trinajstić information content (AvgIpc) is 2.26. The molecule has 1 aromatic heterocycles. The van der Waals surface area contributed by atoms with E-state index < -0.39 is 11.4 Å². The molecule has 82 valence electrons. The lowest BCUT2D eigenvalue weighted by Crippen LogP contribution is -2.10. The fourth-order valence-electron chi connectivity index (χ4n) is 1.26. The van der Waals surface area contributed by atoms with Gasteiger partial charge in [-0.05, 0) is 23.8 Å². The quantitative estimate of drug-likeness (QED) is 0.855. The molecule has 0 radical (unpaired) electrons. The van der Waals surface area contributed by atoms with Crippen molar-refractivity contribution in [1.29, 1.82) is 0 Å². The van der Waals surface area contributed by atoms with Gasteiger partial charge < -0.3 is 0 Å². The van der Waals surface area contributed by atoms with Crippen LogP contribution in [0.1, 0.15) is 0 Å². The highest BCUT2D eigenvalue weighted by Crippen LogP contribution is 2.23. The van der Waals surface area contributed by atoms with Crippen LogP contribution in [0.25, 0.3) is 11.1 Å². The van der Waals surface area contributed by atoms with Gasteiger partial charge in [0.15, 0.2) is 0 Å². The summed E-state index contributed by atoms with van der Waals surface area (Å²) in [5.74, 6) is -0.540. The van der Waals surface area contributed by atoms with Gasteiger partial charge in [-0.25, -0.2) is 9.49 Å². The Labute approximate surface area is 99.8 Å². The molecular weight excluding hydrogens is 254 g/mol. The number of H-pyrrole nitrogens is 1. The zero-order chi connectivity index (χ0) is 11.7. The van der Waals surface area contributed by atoms with Crippen molar-refractivity contribution in [2.24, 2.45) is 0 Å². The van der Waals surface area contributed by atoms with Gasteiger partial charge in [0.25, 0.3) is 5.56 Å². The summed E-state index contributed by atoms with van der Waals surface area (Å²) in [6, 6.07) is 5.38. The van der Waals surface area contributed by atoms with Crippen LogP contribution in [-0.4, -0.2) is 10.2 Å². The molecule has 0 atom stereocenters. The van der Waals surface area contributed by atoms with E-state index in [2.05, 4.69) is 10.2 Å². The monoisotopic (exact) mass is 258 g/mol. The Hall–Kier alpha value is -1.39. The van der Waals surface area contributed by atoms with Gasteiger partial charge in [-0.2, -0.15) is 5.10 Å². The normalized spacial score (nSPS) is 10.4. The summed E-state index contributed by atoms with van der Waals surface area (Å²) in [6.07, 6.45) is 0. The predicted molar refractivity (Wildman–Crippen MR) is 60.3 cm³/mol. The van der Waals surface area contributed by atoms with E-state index in [9.17, 15) is 9.18 Å². The number of nitrogens with zero attached hydrogens (tertiary/aromatic N) is 1. The van der Waals surface area contributed by atoms with E-state index in [0.29, 0.717) is 11.1 Å². The van der Waals surface area contributed by atoms with Gasteiger partial charge in [0, 0.05) is 0 Å². The highest BCUT2D eigenvalue weighted by molar-refractivity contribution is 6.31. The minimum Gasteiger partial charge on any atom is -0.267 e. The third-order valence-electron chi connectivity index (χ3n) is 2.00. The van der Waals surface area contributed by atoms with Crippen molar-refractivity contribution in [2.45, 2.75) is 0 Å². The Morgan fingerprint density at radius 1 is 1.25 bits per heavy atom. The molecule has 0 aliphatic rings. The molecule has 0 bridgehead atoms. The molecule has 1 N–H and O–H groups in total. The lowest BCUT2D eigenvalue weighted by Gasteiger charge is -2.01. The van der Waals surface area contributed by atoms with Crippen LogP contribution >= 0.6 is 23.2 Å². The Bertz CT molecular complexity index is 598. The fourth-order valence-corrected chi connectivity index (χ4v) is 1.59. The summed E-state index contributed by atoms with van der Waals surface area (Å²) >= 11 is 11.3. The number of aromatic nitrogens is 2. The lowest BCUT2D eigenvalue weighted by atomic mass is 10.1. The van der Waals surface area contributed by atoms with Gasteiger partial charge in [0.1, 0.15) is 11.0 Å². The first-order valence-corrected chi connectivity index (χ1v) is 5.04. The molecule has 0 spiro atoms. The van der Waals surface area contributed by atoms with Gasteiger partial charge >= 0.3 is 0 Å². The highest BCUT2D eigenvalue weighted by atomic mass is 35.5. The summed E-state index contributed by atoms with van der Waals surface area (Å²) in [5.41, 5.74) is 0.367. The molecule has 0 unspecified atom stereocenters. The van der Waals surface area contributed by atoms with Crippen molar-refractivity contribution < 1.29 is 4.39 Å². The number of aromatic amines is 1. The summed E-state index contributed by atoms with van der Waals surface area (Å²) in [6.45, 7) is 0. The summed E-state index contributed by atoms with van der Waals surface area (Å²) in [5, 5.41) is 5.85. The fraction of sp³-hybridized carbons (Fsp3) is 0. The smallest absolute Gasteiger partial charge is 0.267 e. The number of hydrogen-bond acceptors (Lipinski definition) is 2. The summed E-state index contributed by atoms with van der Waals surface area (Å²) < 4.78 is 12.9. The Morgan fingerprint density at radius 3 is 2.69 bits per heavy atom. The number of hydrogen-bond donors (Lipinski definition) is 1. The molecule has 1 heterocycles. The number of rotatable bonds is 1. The number of halogens is 3. The van der Waals surface area contributed by atoms with Crippen LogP contribution < -0.4 is 5.56 Å². The summed E-state index contributed by atoms with van der Waals surface area (Å²) in [4.78, 5) is 11.5. The molecule has 0 aliphatic heterocycles. The van der Waals surface area contributed by atoms with Crippen LogP contribution in [0.15, 0.2) is 29.1 Å². The van der Waals surface area contributed by atoms with E-state index >= 15 is 0 Å². The molecule has 0 fully saturated rings. The van der Waals surface area contributed by atoms with Gasteiger partial charge in [0.05, 0.1) is 10.6 Å². The molecule has 6 heteroatoms. The second kappa shape index (κ2) is 4.23. The molecule has 1 aromatic carbocycles. The number of nitrogens with one attached hydrogen (secondary N) is 1. The van der Waals surface area contributed by atoms with Crippen molar-refractivity contribution in [1.82, 2.24) is 10.2 Å². The zero-order valence-electron chi connectivity index (χ0n) is 7.80. The Kier molecular flexibility index (Phi) is 2.94. The molecule has 16 heavy (non-hydrogen) atoms. The van der Waals surface area contributed by atoms with Gasteiger partial charge in [-0.15, -0.1) is 0 Å². The molecular formula is C10H5Cl2FN2O.